The quantitative estimate of drug-likeness (QED) is 0.524. The average molecular weight is 147 g/mol. The molecule has 10 heavy (non-hydrogen) atoms. The average Bonchev–Trinajstić information content (AvgIpc) is 1.88. The van der Waals surface area contributed by atoms with Crippen LogP contribution < -0.4 is 5.32 Å². The number of rotatable bonds is 5. The van der Waals surface area contributed by atoms with Gasteiger partial charge in [-0.1, -0.05) is 0 Å². The minimum atomic E-state index is -0.837. The molecule has 0 aliphatic rings. The van der Waals surface area contributed by atoms with Crippen molar-refractivity contribution in [1.29, 1.82) is 0 Å². The SMILES string of the molecule is COCCNC(C)C(=O)O. The third kappa shape index (κ3) is 4.29. The molecule has 0 saturated heterocycles. The van der Waals surface area contributed by atoms with Gasteiger partial charge in [0.15, 0.2) is 0 Å². The van der Waals surface area contributed by atoms with Crippen LogP contribution in [0.2, 0.25) is 0 Å². The summed E-state index contributed by atoms with van der Waals surface area (Å²) in [5.41, 5.74) is 0. The van der Waals surface area contributed by atoms with E-state index >= 15 is 0 Å². The molecule has 0 aliphatic carbocycles. The molecule has 1 unspecified atom stereocenters. The van der Waals surface area contributed by atoms with E-state index in [0.717, 1.165) is 0 Å². The first-order valence-electron chi connectivity index (χ1n) is 3.13. The molecule has 60 valence electrons. The highest BCUT2D eigenvalue weighted by Crippen LogP contribution is 1.78. The first-order chi connectivity index (χ1) is 4.68. The van der Waals surface area contributed by atoms with Crippen LogP contribution >= 0.6 is 0 Å². The lowest BCUT2D eigenvalue weighted by Crippen LogP contribution is -2.35. The van der Waals surface area contributed by atoms with Gasteiger partial charge in [-0.25, -0.2) is 0 Å². The molecule has 0 heterocycles. The number of ether oxygens (including phenoxy) is 1. The van der Waals surface area contributed by atoms with Crippen LogP contribution in [0.4, 0.5) is 0 Å². The highest BCUT2D eigenvalue weighted by atomic mass is 16.5. The van der Waals surface area contributed by atoms with E-state index < -0.39 is 12.0 Å². The molecule has 0 aromatic carbocycles. The van der Waals surface area contributed by atoms with E-state index in [4.69, 9.17) is 9.84 Å². The summed E-state index contributed by atoms with van der Waals surface area (Å²) < 4.78 is 4.72. The Hall–Kier alpha value is -0.610. The van der Waals surface area contributed by atoms with Crippen molar-refractivity contribution in [3.8, 4) is 0 Å². The van der Waals surface area contributed by atoms with Gasteiger partial charge in [0.25, 0.3) is 0 Å². The number of hydrogen-bond acceptors (Lipinski definition) is 3. The smallest absolute Gasteiger partial charge is 0.320 e. The van der Waals surface area contributed by atoms with E-state index in [1.165, 1.54) is 0 Å². The first kappa shape index (κ1) is 9.39. The lowest BCUT2D eigenvalue weighted by atomic mass is 10.3. The van der Waals surface area contributed by atoms with Gasteiger partial charge in [-0.3, -0.25) is 4.79 Å². The molecular formula is C6H13NO3. The number of hydrogen-bond donors (Lipinski definition) is 2. The Morgan fingerprint density at radius 2 is 2.40 bits per heavy atom. The van der Waals surface area contributed by atoms with E-state index in [9.17, 15) is 4.79 Å². The molecule has 0 fully saturated rings. The molecule has 2 N–H and O–H groups in total. The standard InChI is InChI=1S/C6H13NO3/c1-5(6(8)9)7-3-4-10-2/h5,7H,3-4H2,1-2H3,(H,8,9). The molecule has 4 heteroatoms. The summed E-state index contributed by atoms with van der Waals surface area (Å²) in [4.78, 5) is 10.2. The summed E-state index contributed by atoms with van der Waals surface area (Å²) in [6.45, 7) is 2.71. The molecule has 0 aromatic rings. The van der Waals surface area contributed by atoms with Crippen LogP contribution in [0.5, 0.6) is 0 Å². The molecule has 0 saturated carbocycles. The fourth-order valence-electron chi connectivity index (χ4n) is 0.465. The fourth-order valence-corrected chi connectivity index (χ4v) is 0.465. The summed E-state index contributed by atoms with van der Waals surface area (Å²) in [5, 5.41) is 11.1. The Kier molecular flexibility index (Phi) is 4.88. The second-order valence-electron chi connectivity index (χ2n) is 2.01. The van der Waals surface area contributed by atoms with Crippen molar-refractivity contribution in [1.82, 2.24) is 5.32 Å². The maximum atomic E-state index is 10.2. The zero-order valence-electron chi connectivity index (χ0n) is 6.26. The van der Waals surface area contributed by atoms with E-state index in [1.807, 2.05) is 0 Å². The number of carbonyl (C=O) groups is 1. The van der Waals surface area contributed by atoms with Crippen LogP contribution in [0.1, 0.15) is 6.92 Å². The number of carboxylic acids is 1. The van der Waals surface area contributed by atoms with Gasteiger partial charge in [-0.05, 0) is 6.92 Å². The molecular weight excluding hydrogens is 134 g/mol. The van der Waals surface area contributed by atoms with Crippen LogP contribution in [0, 0.1) is 0 Å². The van der Waals surface area contributed by atoms with Crippen molar-refractivity contribution in [2.75, 3.05) is 20.3 Å². The summed E-state index contributed by atoms with van der Waals surface area (Å²) >= 11 is 0. The van der Waals surface area contributed by atoms with Crippen molar-refractivity contribution < 1.29 is 14.6 Å². The van der Waals surface area contributed by atoms with Crippen molar-refractivity contribution in [2.24, 2.45) is 0 Å². The molecule has 0 amide bonds. The number of aliphatic carboxylic acids is 1. The van der Waals surface area contributed by atoms with E-state index in [-0.39, 0.29) is 0 Å². The van der Waals surface area contributed by atoms with Gasteiger partial charge in [0.05, 0.1) is 6.61 Å². The van der Waals surface area contributed by atoms with Gasteiger partial charge in [0.1, 0.15) is 6.04 Å². The van der Waals surface area contributed by atoms with Crippen LogP contribution in [0.25, 0.3) is 0 Å². The van der Waals surface area contributed by atoms with E-state index in [2.05, 4.69) is 5.32 Å². The largest absolute Gasteiger partial charge is 0.480 e. The Morgan fingerprint density at radius 3 is 2.80 bits per heavy atom. The van der Waals surface area contributed by atoms with E-state index in [0.29, 0.717) is 13.2 Å². The lowest BCUT2D eigenvalue weighted by molar-refractivity contribution is -0.139. The topological polar surface area (TPSA) is 58.6 Å². The van der Waals surface area contributed by atoms with Crippen molar-refractivity contribution in [3.05, 3.63) is 0 Å². The monoisotopic (exact) mass is 147 g/mol. The predicted octanol–water partition coefficient (Wildman–Crippen LogP) is -0.305. The van der Waals surface area contributed by atoms with Crippen molar-refractivity contribution in [2.45, 2.75) is 13.0 Å². The Bertz CT molecular complexity index is 105. The summed E-state index contributed by atoms with van der Waals surface area (Å²) in [6, 6.07) is -0.491. The minimum absolute atomic E-state index is 0.491. The summed E-state index contributed by atoms with van der Waals surface area (Å²) in [6.07, 6.45) is 0. The van der Waals surface area contributed by atoms with Gasteiger partial charge >= 0.3 is 5.97 Å². The lowest BCUT2D eigenvalue weighted by Gasteiger charge is -2.06. The highest BCUT2D eigenvalue weighted by molar-refractivity contribution is 5.72. The van der Waals surface area contributed by atoms with Gasteiger partial charge in [0.2, 0.25) is 0 Å². The molecule has 0 rings (SSSR count). The van der Waals surface area contributed by atoms with Gasteiger partial charge in [-0.15, -0.1) is 0 Å². The number of nitrogens with one attached hydrogen (secondary N) is 1. The molecule has 4 nitrogen and oxygen atoms in total. The summed E-state index contributed by atoms with van der Waals surface area (Å²) in [5.74, 6) is -0.837. The number of methoxy groups -OCH3 is 1. The van der Waals surface area contributed by atoms with Crippen molar-refractivity contribution in [3.63, 3.8) is 0 Å². The zero-order chi connectivity index (χ0) is 7.98. The molecule has 0 aliphatic heterocycles. The maximum Gasteiger partial charge on any atom is 0.320 e. The second kappa shape index (κ2) is 5.20. The highest BCUT2D eigenvalue weighted by Gasteiger charge is 2.07. The number of carboxylic acid groups (broad SMARTS) is 1. The van der Waals surface area contributed by atoms with Crippen LogP contribution in [-0.4, -0.2) is 37.4 Å². The van der Waals surface area contributed by atoms with Crippen LogP contribution in [0.15, 0.2) is 0 Å². The minimum Gasteiger partial charge on any atom is -0.480 e. The fraction of sp³-hybridized carbons (Fsp3) is 0.833. The predicted molar refractivity (Wildman–Crippen MR) is 37.0 cm³/mol. The molecule has 0 bridgehead atoms. The third-order valence-corrected chi connectivity index (χ3v) is 1.13. The van der Waals surface area contributed by atoms with Gasteiger partial charge in [-0.2, -0.15) is 0 Å². The Morgan fingerprint density at radius 1 is 1.80 bits per heavy atom. The van der Waals surface area contributed by atoms with Gasteiger partial charge in [0, 0.05) is 13.7 Å². The second-order valence-corrected chi connectivity index (χ2v) is 2.01. The van der Waals surface area contributed by atoms with Crippen LogP contribution in [0.3, 0.4) is 0 Å². The van der Waals surface area contributed by atoms with Gasteiger partial charge < -0.3 is 15.2 Å². The first-order valence-corrected chi connectivity index (χ1v) is 3.13. The van der Waals surface area contributed by atoms with Crippen LogP contribution in [-0.2, 0) is 9.53 Å². The maximum absolute atomic E-state index is 10.2. The Balaban J connectivity index is 3.21. The molecule has 0 spiro atoms. The zero-order valence-corrected chi connectivity index (χ0v) is 6.26. The van der Waals surface area contributed by atoms with Crippen molar-refractivity contribution >= 4 is 5.97 Å². The molecule has 1 atom stereocenters. The molecule has 0 radical (unpaired) electrons. The summed E-state index contributed by atoms with van der Waals surface area (Å²) in [7, 11) is 1.58. The Labute approximate surface area is 60.2 Å². The van der Waals surface area contributed by atoms with E-state index in [1.54, 1.807) is 14.0 Å². The third-order valence-electron chi connectivity index (χ3n) is 1.13. The normalized spacial score (nSPS) is 13.0. The molecule has 0 aromatic heterocycles.